The predicted octanol–water partition coefficient (Wildman–Crippen LogP) is 1.51. The highest BCUT2D eigenvalue weighted by Crippen LogP contribution is 2.40. The van der Waals surface area contributed by atoms with E-state index < -0.39 is 0 Å². The number of ether oxygens (including phenoxy) is 2. The number of hydrogen-bond acceptors (Lipinski definition) is 3. The van der Waals surface area contributed by atoms with Crippen LogP contribution in [-0.2, 0) is 9.47 Å². The van der Waals surface area contributed by atoms with Gasteiger partial charge in [-0.1, -0.05) is 13.8 Å². The zero-order valence-corrected chi connectivity index (χ0v) is 8.71. The molecule has 0 bridgehead atoms. The first-order valence-corrected chi connectivity index (χ1v) is 5.33. The molecule has 2 rings (SSSR count). The van der Waals surface area contributed by atoms with Gasteiger partial charge in [0.05, 0.1) is 13.2 Å². The van der Waals surface area contributed by atoms with E-state index in [-0.39, 0.29) is 5.79 Å². The molecule has 13 heavy (non-hydrogen) atoms. The van der Waals surface area contributed by atoms with E-state index in [2.05, 4.69) is 0 Å². The van der Waals surface area contributed by atoms with Crippen molar-refractivity contribution >= 4 is 0 Å². The molecule has 1 spiro atoms. The molecule has 2 aliphatic rings. The molecule has 3 nitrogen and oxygen atoms in total. The summed E-state index contributed by atoms with van der Waals surface area (Å²) in [5.41, 5.74) is 5.57. The normalized spacial score (nSPS) is 30.2. The van der Waals surface area contributed by atoms with Crippen molar-refractivity contribution in [2.45, 2.75) is 38.9 Å². The van der Waals surface area contributed by atoms with Crippen LogP contribution < -0.4 is 5.73 Å². The summed E-state index contributed by atoms with van der Waals surface area (Å²) in [6.07, 6.45) is 3.20. The highest BCUT2D eigenvalue weighted by atomic mass is 16.7. The van der Waals surface area contributed by atoms with Crippen LogP contribution >= 0.6 is 0 Å². The summed E-state index contributed by atoms with van der Waals surface area (Å²) in [6, 6.07) is 0. The van der Waals surface area contributed by atoms with Crippen molar-refractivity contribution in [3.63, 3.8) is 0 Å². The van der Waals surface area contributed by atoms with E-state index in [1.54, 1.807) is 0 Å². The maximum atomic E-state index is 5.57. The van der Waals surface area contributed by atoms with Gasteiger partial charge in [0.2, 0.25) is 0 Å². The van der Waals surface area contributed by atoms with E-state index in [9.17, 15) is 0 Å². The van der Waals surface area contributed by atoms with Crippen LogP contribution in [0, 0.1) is 5.92 Å². The third-order valence-corrected chi connectivity index (χ3v) is 2.68. The summed E-state index contributed by atoms with van der Waals surface area (Å²) in [6.45, 7) is 6.29. The van der Waals surface area contributed by atoms with Gasteiger partial charge in [-0.25, -0.2) is 0 Å². The first-order valence-electron chi connectivity index (χ1n) is 5.33. The maximum absolute atomic E-state index is 5.57. The third kappa shape index (κ3) is 2.42. The Morgan fingerprint density at radius 2 is 1.92 bits per heavy atom. The van der Waals surface area contributed by atoms with Gasteiger partial charge in [0, 0.05) is 12.8 Å². The van der Waals surface area contributed by atoms with Gasteiger partial charge in [-0.15, -0.1) is 0 Å². The van der Waals surface area contributed by atoms with Gasteiger partial charge in [0.1, 0.15) is 0 Å². The molecule has 1 saturated carbocycles. The molecule has 1 aliphatic heterocycles. The van der Waals surface area contributed by atoms with Crippen LogP contribution in [0.15, 0.2) is 0 Å². The van der Waals surface area contributed by atoms with Crippen molar-refractivity contribution in [1.82, 2.24) is 0 Å². The van der Waals surface area contributed by atoms with Crippen molar-refractivity contribution in [2.24, 2.45) is 11.7 Å². The SMILES string of the molecule is CC.NCC1CCC2(C1)OCCO2. The number of rotatable bonds is 1. The van der Waals surface area contributed by atoms with Gasteiger partial charge in [-0.2, -0.15) is 0 Å². The zero-order valence-electron chi connectivity index (χ0n) is 8.71. The average Bonchev–Trinajstić information content (AvgIpc) is 2.81. The monoisotopic (exact) mass is 187 g/mol. The summed E-state index contributed by atoms with van der Waals surface area (Å²) in [5.74, 6) is 0.400. The minimum Gasteiger partial charge on any atom is -0.348 e. The summed E-state index contributed by atoms with van der Waals surface area (Å²) < 4.78 is 11.1. The Morgan fingerprint density at radius 1 is 1.31 bits per heavy atom. The lowest BCUT2D eigenvalue weighted by Gasteiger charge is -2.21. The highest BCUT2D eigenvalue weighted by Gasteiger charge is 2.43. The fourth-order valence-corrected chi connectivity index (χ4v) is 2.03. The Balaban J connectivity index is 0.000000396. The van der Waals surface area contributed by atoms with Gasteiger partial charge in [-0.05, 0) is 18.9 Å². The Hall–Kier alpha value is -0.120. The largest absolute Gasteiger partial charge is 0.348 e. The standard InChI is InChI=1S/C8H15NO2.C2H6/c9-6-7-1-2-8(5-7)10-3-4-11-8;1-2/h7H,1-6,9H2;1-2H3. The fraction of sp³-hybridized carbons (Fsp3) is 1.00. The second-order valence-electron chi connectivity index (χ2n) is 3.45. The smallest absolute Gasteiger partial charge is 0.168 e. The lowest BCUT2D eigenvalue weighted by Crippen LogP contribution is -2.27. The molecule has 2 N–H and O–H groups in total. The maximum Gasteiger partial charge on any atom is 0.168 e. The second kappa shape index (κ2) is 4.94. The van der Waals surface area contributed by atoms with Crippen molar-refractivity contribution in [3.8, 4) is 0 Å². The predicted molar refractivity (Wildman–Crippen MR) is 52.4 cm³/mol. The van der Waals surface area contributed by atoms with E-state index >= 15 is 0 Å². The summed E-state index contributed by atoms with van der Waals surface area (Å²) in [7, 11) is 0. The molecule has 1 aliphatic carbocycles. The van der Waals surface area contributed by atoms with Gasteiger partial charge >= 0.3 is 0 Å². The zero-order chi connectivity index (χ0) is 9.73. The van der Waals surface area contributed by atoms with Crippen molar-refractivity contribution in [2.75, 3.05) is 19.8 Å². The quantitative estimate of drug-likeness (QED) is 0.677. The molecule has 0 aromatic carbocycles. The first kappa shape index (κ1) is 11.0. The molecule has 1 unspecified atom stereocenters. The van der Waals surface area contributed by atoms with E-state index in [1.165, 1.54) is 0 Å². The van der Waals surface area contributed by atoms with E-state index in [0.29, 0.717) is 5.92 Å². The van der Waals surface area contributed by atoms with Gasteiger partial charge in [0.25, 0.3) is 0 Å². The van der Waals surface area contributed by atoms with Crippen LogP contribution in [0.5, 0.6) is 0 Å². The Bertz CT molecular complexity index is 144. The lowest BCUT2D eigenvalue weighted by atomic mass is 10.1. The van der Waals surface area contributed by atoms with Crippen LogP contribution in [0.2, 0.25) is 0 Å². The van der Waals surface area contributed by atoms with Crippen LogP contribution in [0.3, 0.4) is 0 Å². The van der Waals surface area contributed by atoms with E-state index in [4.69, 9.17) is 15.2 Å². The molecular weight excluding hydrogens is 166 g/mol. The van der Waals surface area contributed by atoms with Crippen molar-refractivity contribution < 1.29 is 9.47 Å². The van der Waals surface area contributed by atoms with Gasteiger partial charge in [-0.3, -0.25) is 0 Å². The molecule has 1 atom stereocenters. The van der Waals surface area contributed by atoms with Crippen molar-refractivity contribution in [1.29, 1.82) is 0 Å². The number of hydrogen-bond donors (Lipinski definition) is 1. The molecule has 0 radical (unpaired) electrons. The van der Waals surface area contributed by atoms with Crippen LogP contribution in [0.25, 0.3) is 0 Å². The summed E-state index contributed by atoms with van der Waals surface area (Å²) in [5, 5.41) is 0. The Morgan fingerprint density at radius 3 is 2.38 bits per heavy atom. The molecule has 0 amide bonds. The van der Waals surface area contributed by atoms with Crippen LogP contribution in [0.4, 0.5) is 0 Å². The Kier molecular flexibility index (Phi) is 4.16. The molecule has 1 heterocycles. The second-order valence-corrected chi connectivity index (χ2v) is 3.45. The van der Waals surface area contributed by atoms with Gasteiger partial charge in [0.15, 0.2) is 5.79 Å². The summed E-state index contributed by atoms with van der Waals surface area (Å²) in [4.78, 5) is 0. The minimum atomic E-state index is -0.218. The molecule has 1 saturated heterocycles. The lowest BCUT2D eigenvalue weighted by molar-refractivity contribution is -0.152. The fourth-order valence-electron chi connectivity index (χ4n) is 2.03. The average molecular weight is 187 g/mol. The molecule has 3 heteroatoms. The molecular formula is C10H21NO2. The minimum absolute atomic E-state index is 0.218. The first-order chi connectivity index (χ1) is 6.35. The molecule has 78 valence electrons. The third-order valence-electron chi connectivity index (χ3n) is 2.68. The molecule has 2 fully saturated rings. The topological polar surface area (TPSA) is 44.5 Å². The van der Waals surface area contributed by atoms with E-state index in [1.807, 2.05) is 13.8 Å². The molecule has 0 aromatic heterocycles. The van der Waals surface area contributed by atoms with Crippen molar-refractivity contribution in [3.05, 3.63) is 0 Å². The van der Waals surface area contributed by atoms with E-state index in [0.717, 1.165) is 39.0 Å². The van der Waals surface area contributed by atoms with Gasteiger partial charge < -0.3 is 15.2 Å². The highest BCUT2D eigenvalue weighted by molar-refractivity contribution is 4.86. The van der Waals surface area contributed by atoms with Crippen LogP contribution in [-0.4, -0.2) is 25.5 Å². The number of nitrogens with two attached hydrogens (primary N) is 1. The molecule has 0 aromatic rings. The van der Waals surface area contributed by atoms with Crippen LogP contribution in [0.1, 0.15) is 33.1 Å². The Labute approximate surface area is 80.6 Å². The summed E-state index contributed by atoms with van der Waals surface area (Å²) >= 11 is 0.